The van der Waals surface area contributed by atoms with E-state index in [4.69, 9.17) is 23.4 Å². The van der Waals surface area contributed by atoms with E-state index in [9.17, 15) is 9.90 Å². The zero-order chi connectivity index (χ0) is 19.6. The lowest BCUT2D eigenvalue weighted by Crippen LogP contribution is -2.43. The number of benzene rings is 2. The summed E-state index contributed by atoms with van der Waals surface area (Å²) in [6.07, 6.45) is 1.95. The third kappa shape index (κ3) is 2.16. The molecule has 28 heavy (non-hydrogen) atoms. The van der Waals surface area contributed by atoms with Gasteiger partial charge in [0.05, 0.1) is 25.9 Å². The van der Waals surface area contributed by atoms with Crippen LogP contribution in [-0.2, 0) is 4.74 Å². The molecule has 1 N–H and O–H groups in total. The third-order valence-corrected chi connectivity index (χ3v) is 5.58. The highest BCUT2D eigenvalue weighted by Crippen LogP contribution is 2.56. The molecule has 1 fully saturated rings. The van der Waals surface area contributed by atoms with Crippen LogP contribution in [0.2, 0.25) is 0 Å². The SMILES string of the molecule is COc1c2c(c(O)c3c(=O)c4c(OC)cccc4oc13)C1CCCC(C)(O2)O1. The van der Waals surface area contributed by atoms with E-state index in [1.54, 1.807) is 18.2 Å². The first kappa shape index (κ1) is 17.2. The molecule has 1 aromatic heterocycles. The molecule has 2 aliphatic rings. The normalized spacial score (nSPS) is 23.3. The van der Waals surface area contributed by atoms with Crippen LogP contribution in [0.5, 0.6) is 23.0 Å². The molecule has 7 heteroatoms. The fourth-order valence-electron chi connectivity index (χ4n) is 4.33. The molecule has 2 aromatic carbocycles. The Morgan fingerprint density at radius 3 is 2.79 bits per heavy atom. The summed E-state index contributed by atoms with van der Waals surface area (Å²) in [7, 11) is 2.97. The summed E-state index contributed by atoms with van der Waals surface area (Å²) in [6.45, 7) is 1.87. The Labute approximate surface area is 160 Å². The summed E-state index contributed by atoms with van der Waals surface area (Å²) < 4.78 is 29.1. The minimum Gasteiger partial charge on any atom is -0.506 e. The van der Waals surface area contributed by atoms with Crippen LogP contribution >= 0.6 is 0 Å². The molecule has 5 rings (SSSR count). The van der Waals surface area contributed by atoms with Gasteiger partial charge in [-0.25, -0.2) is 0 Å². The zero-order valence-electron chi connectivity index (χ0n) is 15.8. The molecule has 7 nitrogen and oxygen atoms in total. The maximum absolute atomic E-state index is 13.3. The van der Waals surface area contributed by atoms with E-state index in [1.807, 2.05) is 6.92 Å². The molecule has 0 spiro atoms. The van der Waals surface area contributed by atoms with Gasteiger partial charge in [0.15, 0.2) is 11.3 Å². The van der Waals surface area contributed by atoms with Gasteiger partial charge in [0.2, 0.25) is 17.0 Å². The van der Waals surface area contributed by atoms with Crippen molar-refractivity contribution in [3.05, 3.63) is 34.0 Å². The first-order valence-electron chi connectivity index (χ1n) is 9.20. The summed E-state index contributed by atoms with van der Waals surface area (Å²) in [5, 5.41) is 11.4. The number of phenols is 1. The Balaban J connectivity index is 1.96. The van der Waals surface area contributed by atoms with Crippen LogP contribution in [0, 0.1) is 0 Å². The molecule has 2 aliphatic heterocycles. The minimum absolute atomic E-state index is 0.0361. The van der Waals surface area contributed by atoms with Gasteiger partial charge in [-0.1, -0.05) is 6.07 Å². The molecule has 2 bridgehead atoms. The van der Waals surface area contributed by atoms with Gasteiger partial charge in [0.25, 0.3) is 0 Å². The third-order valence-electron chi connectivity index (χ3n) is 5.58. The van der Waals surface area contributed by atoms with E-state index in [0.717, 1.165) is 19.3 Å². The van der Waals surface area contributed by atoms with Crippen LogP contribution in [0.1, 0.15) is 37.9 Å². The van der Waals surface area contributed by atoms with Crippen molar-refractivity contribution in [2.24, 2.45) is 0 Å². The highest BCUT2D eigenvalue weighted by molar-refractivity contribution is 6.00. The predicted molar refractivity (Wildman–Crippen MR) is 101 cm³/mol. The molecule has 1 saturated heterocycles. The molecule has 2 atom stereocenters. The second kappa shape index (κ2) is 5.78. The van der Waals surface area contributed by atoms with Crippen molar-refractivity contribution in [1.29, 1.82) is 0 Å². The van der Waals surface area contributed by atoms with Crippen LogP contribution < -0.4 is 19.6 Å². The standard InChI is InChI=1S/C21H20O7/c1-21-9-5-8-12(27-21)14-17(23)15-16(22)13-10(24-2)6-4-7-11(13)26-18(15)20(25-3)19(14)28-21/h4,6-7,12,23H,5,8-9H2,1-3H3. The molecular formula is C21H20O7. The van der Waals surface area contributed by atoms with E-state index in [0.29, 0.717) is 22.6 Å². The van der Waals surface area contributed by atoms with E-state index in [-0.39, 0.29) is 34.0 Å². The molecule has 0 saturated carbocycles. The average molecular weight is 384 g/mol. The van der Waals surface area contributed by atoms with Crippen molar-refractivity contribution in [2.45, 2.75) is 38.1 Å². The number of aromatic hydroxyl groups is 1. The zero-order valence-corrected chi connectivity index (χ0v) is 15.8. The van der Waals surface area contributed by atoms with Crippen LogP contribution in [-0.4, -0.2) is 25.1 Å². The van der Waals surface area contributed by atoms with Crippen molar-refractivity contribution in [1.82, 2.24) is 0 Å². The number of rotatable bonds is 2. The Kier molecular flexibility index (Phi) is 3.55. The lowest BCUT2D eigenvalue weighted by atomic mass is 9.91. The second-order valence-corrected chi connectivity index (χ2v) is 7.33. The Morgan fingerprint density at radius 2 is 2.04 bits per heavy atom. The molecule has 0 amide bonds. The highest BCUT2D eigenvalue weighted by Gasteiger charge is 2.45. The number of hydrogen-bond acceptors (Lipinski definition) is 7. The lowest BCUT2D eigenvalue weighted by Gasteiger charge is -2.44. The van der Waals surface area contributed by atoms with Crippen molar-refractivity contribution < 1.29 is 28.5 Å². The molecular weight excluding hydrogens is 364 g/mol. The fraction of sp³-hybridized carbons (Fsp3) is 0.381. The number of hydrogen-bond donors (Lipinski definition) is 1. The monoisotopic (exact) mass is 384 g/mol. The van der Waals surface area contributed by atoms with Crippen LogP contribution in [0.4, 0.5) is 0 Å². The second-order valence-electron chi connectivity index (χ2n) is 7.33. The van der Waals surface area contributed by atoms with Gasteiger partial charge in [0, 0.05) is 13.3 Å². The lowest BCUT2D eigenvalue weighted by molar-refractivity contribution is -0.243. The number of fused-ring (bicyclic) bond motifs is 6. The molecule has 3 heterocycles. The molecule has 146 valence electrons. The smallest absolute Gasteiger partial charge is 0.208 e. The van der Waals surface area contributed by atoms with Gasteiger partial charge in [-0.15, -0.1) is 0 Å². The quantitative estimate of drug-likeness (QED) is 0.668. The van der Waals surface area contributed by atoms with Gasteiger partial charge in [-0.05, 0) is 25.0 Å². The van der Waals surface area contributed by atoms with Gasteiger partial charge < -0.3 is 28.5 Å². The molecule has 0 aliphatic carbocycles. The Morgan fingerprint density at radius 1 is 1.21 bits per heavy atom. The van der Waals surface area contributed by atoms with E-state index < -0.39 is 11.2 Å². The summed E-state index contributed by atoms with van der Waals surface area (Å²) in [5.41, 5.74) is 0.528. The van der Waals surface area contributed by atoms with Crippen molar-refractivity contribution in [2.75, 3.05) is 14.2 Å². The molecule has 0 radical (unpaired) electrons. The van der Waals surface area contributed by atoms with Gasteiger partial charge in [-0.2, -0.15) is 0 Å². The topological polar surface area (TPSA) is 87.4 Å². The van der Waals surface area contributed by atoms with Crippen LogP contribution in [0.3, 0.4) is 0 Å². The number of phenolic OH excluding ortho intramolecular Hbond substituents is 1. The minimum atomic E-state index is -0.802. The summed E-state index contributed by atoms with van der Waals surface area (Å²) in [5.74, 6) is 0.0367. The van der Waals surface area contributed by atoms with E-state index in [1.165, 1.54) is 14.2 Å². The van der Waals surface area contributed by atoms with Gasteiger partial charge >= 0.3 is 0 Å². The predicted octanol–water partition coefficient (Wildman–Crippen LogP) is 4.02. The summed E-state index contributed by atoms with van der Waals surface area (Å²) in [4.78, 5) is 13.3. The van der Waals surface area contributed by atoms with Gasteiger partial charge in [-0.3, -0.25) is 4.79 Å². The van der Waals surface area contributed by atoms with Crippen LogP contribution in [0.15, 0.2) is 27.4 Å². The largest absolute Gasteiger partial charge is 0.506 e. The van der Waals surface area contributed by atoms with Crippen molar-refractivity contribution in [3.8, 4) is 23.0 Å². The van der Waals surface area contributed by atoms with Crippen molar-refractivity contribution in [3.63, 3.8) is 0 Å². The van der Waals surface area contributed by atoms with E-state index >= 15 is 0 Å². The Hall–Kier alpha value is -2.93. The molecule has 3 aromatic rings. The maximum Gasteiger partial charge on any atom is 0.208 e. The van der Waals surface area contributed by atoms with Gasteiger partial charge in [0.1, 0.15) is 27.9 Å². The van der Waals surface area contributed by atoms with Crippen LogP contribution in [0.25, 0.3) is 21.9 Å². The van der Waals surface area contributed by atoms with Crippen molar-refractivity contribution >= 4 is 21.9 Å². The highest BCUT2D eigenvalue weighted by atomic mass is 16.7. The van der Waals surface area contributed by atoms with E-state index in [2.05, 4.69) is 0 Å². The fourth-order valence-corrected chi connectivity index (χ4v) is 4.33. The molecule has 2 unspecified atom stereocenters. The maximum atomic E-state index is 13.3. The number of ether oxygens (including phenoxy) is 4. The Bertz CT molecular complexity index is 1180. The summed E-state index contributed by atoms with van der Waals surface area (Å²) in [6, 6.07) is 5.08. The number of methoxy groups -OCH3 is 2. The average Bonchev–Trinajstić information content (AvgIpc) is 2.67. The first-order valence-corrected chi connectivity index (χ1v) is 9.20. The summed E-state index contributed by atoms with van der Waals surface area (Å²) >= 11 is 0. The first-order chi connectivity index (χ1) is 13.5.